The van der Waals surface area contributed by atoms with Crippen molar-refractivity contribution in [3.63, 3.8) is 0 Å². The number of sulfonamides is 1. The Morgan fingerprint density at radius 1 is 1.04 bits per heavy atom. The minimum Gasteiger partial charge on any atom is -0.383 e. The van der Waals surface area contributed by atoms with Crippen LogP contribution in [-0.4, -0.2) is 52.6 Å². The Morgan fingerprint density at radius 2 is 1.79 bits per heavy atom. The third-order valence-corrected chi connectivity index (χ3v) is 6.42. The molecule has 2 N–H and O–H groups in total. The monoisotopic (exact) mass is 409 g/mol. The van der Waals surface area contributed by atoms with Gasteiger partial charge in [-0.05, 0) is 41.5 Å². The van der Waals surface area contributed by atoms with Crippen molar-refractivity contribution in [1.29, 1.82) is 0 Å². The number of rotatable bonds is 12. The lowest BCUT2D eigenvalue weighted by Crippen LogP contribution is -2.30. The summed E-state index contributed by atoms with van der Waals surface area (Å²) in [5, 5.41) is 18.4. The summed E-state index contributed by atoms with van der Waals surface area (Å²) in [6, 6.07) is 5.14. The average molecular weight is 410 g/mol. The maximum atomic E-state index is 12.9. The van der Waals surface area contributed by atoms with Gasteiger partial charge in [0.1, 0.15) is 0 Å². The molecule has 0 saturated heterocycles. The normalized spacial score (nSPS) is 11.8. The molecule has 0 fully saturated rings. The molecule has 1 heterocycles. The van der Waals surface area contributed by atoms with Crippen molar-refractivity contribution in [1.82, 2.24) is 24.5 Å². The molecule has 156 valence electrons. The molecule has 2 aromatic rings. The number of anilines is 2. The van der Waals surface area contributed by atoms with E-state index in [-0.39, 0.29) is 4.90 Å². The van der Waals surface area contributed by atoms with Crippen LogP contribution in [0.25, 0.3) is 0 Å². The number of aromatic nitrogens is 4. The van der Waals surface area contributed by atoms with E-state index in [1.165, 1.54) is 4.31 Å². The highest BCUT2D eigenvalue weighted by atomic mass is 32.2. The topological polar surface area (TPSA) is 105 Å². The van der Waals surface area contributed by atoms with Gasteiger partial charge >= 0.3 is 0 Å². The van der Waals surface area contributed by atoms with Crippen molar-refractivity contribution in [3.05, 3.63) is 24.0 Å². The minimum atomic E-state index is -3.53. The van der Waals surface area contributed by atoms with Crippen LogP contribution in [0.15, 0.2) is 23.1 Å². The second-order valence-electron chi connectivity index (χ2n) is 6.40. The number of tetrazole rings is 1. The smallest absolute Gasteiger partial charge is 0.243 e. The van der Waals surface area contributed by atoms with Crippen LogP contribution >= 0.6 is 0 Å². The summed E-state index contributed by atoms with van der Waals surface area (Å²) in [6.07, 6.45) is 1.90. The van der Waals surface area contributed by atoms with Gasteiger partial charge in [0, 0.05) is 26.2 Å². The molecule has 0 saturated carbocycles. The van der Waals surface area contributed by atoms with Crippen LogP contribution in [0.5, 0.6) is 0 Å². The molecule has 10 heteroatoms. The Morgan fingerprint density at radius 3 is 2.43 bits per heavy atom. The maximum Gasteiger partial charge on any atom is 0.243 e. The molecule has 1 aromatic carbocycles. The van der Waals surface area contributed by atoms with Crippen molar-refractivity contribution in [3.8, 4) is 0 Å². The zero-order valence-corrected chi connectivity index (χ0v) is 18.0. The molecule has 9 nitrogen and oxygen atoms in total. The Balaban J connectivity index is 2.32. The molecule has 0 unspecified atom stereocenters. The zero-order chi connectivity index (χ0) is 20.6. The van der Waals surface area contributed by atoms with Crippen LogP contribution in [0.1, 0.15) is 46.4 Å². The molecule has 0 radical (unpaired) electrons. The molecule has 28 heavy (non-hydrogen) atoms. The third kappa shape index (κ3) is 5.20. The first-order chi connectivity index (χ1) is 13.5. The highest BCUT2D eigenvalue weighted by Crippen LogP contribution is 2.27. The molecule has 0 spiro atoms. The van der Waals surface area contributed by atoms with Crippen molar-refractivity contribution < 1.29 is 8.42 Å². The summed E-state index contributed by atoms with van der Waals surface area (Å²) >= 11 is 0. The minimum absolute atomic E-state index is 0.272. The fourth-order valence-electron chi connectivity index (χ4n) is 2.87. The molecule has 0 aliphatic carbocycles. The highest BCUT2D eigenvalue weighted by molar-refractivity contribution is 7.89. The molecular formula is C18H31N7O2S. The van der Waals surface area contributed by atoms with Crippen LogP contribution in [-0.2, 0) is 23.1 Å². The van der Waals surface area contributed by atoms with E-state index in [1.54, 1.807) is 16.8 Å². The fourth-order valence-corrected chi connectivity index (χ4v) is 4.35. The summed E-state index contributed by atoms with van der Waals surface area (Å²) < 4.78 is 29.0. The van der Waals surface area contributed by atoms with Gasteiger partial charge < -0.3 is 10.6 Å². The van der Waals surface area contributed by atoms with Gasteiger partial charge in [0.2, 0.25) is 10.0 Å². The molecule has 1 aromatic heterocycles. The third-order valence-electron chi connectivity index (χ3n) is 4.38. The maximum absolute atomic E-state index is 12.9. The second kappa shape index (κ2) is 10.4. The Bertz CT molecular complexity index is 847. The Kier molecular flexibility index (Phi) is 8.18. The summed E-state index contributed by atoms with van der Waals surface area (Å²) in [7, 11) is -3.53. The number of nitrogens with zero attached hydrogens (tertiary/aromatic N) is 5. The van der Waals surface area contributed by atoms with Crippen LogP contribution in [0.3, 0.4) is 0 Å². The quantitative estimate of drug-likeness (QED) is 0.555. The summed E-state index contributed by atoms with van der Waals surface area (Å²) in [5.41, 5.74) is 1.57. The molecule has 0 aliphatic rings. The van der Waals surface area contributed by atoms with Crippen LogP contribution in [0.4, 0.5) is 11.4 Å². The van der Waals surface area contributed by atoms with Gasteiger partial charge in [0.05, 0.1) is 22.8 Å². The van der Waals surface area contributed by atoms with Crippen molar-refractivity contribution in [2.45, 2.75) is 58.5 Å². The molecular weight excluding hydrogens is 378 g/mol. The van der Waals surface area contributed by atoms with Crippen molar-refractivity contribution in [2.75, 3.05) is 30.3 Å². The Hall–Kier alpha value is -2.20. The summed E-state index contributed by atoms with van der Waals surface area (Å²) in [6.45, 7) is 10.6. The first-order valence-corrected chi connectivity index (χ1v) is 11.3. The van der Waals surface area contributed by atoms with Gasteiger partial charge in [0.15, 0.2) is 5.82 Å². The number of aryl methyl sites for hydroxylation is 1. The molecule has 2 rings (SSSR count). The van der Waals surface area contributed by atoms with E-state index in [4.69, 9.17) is 0 Å². The number of hydrogen-bond acceptors (Lipinski definition) is 7. The highest BCUT2D eigenvalue weighted by Gasteiger charge is 2.22. The molecule has 0 aliphatic heterocycles. The zero-order valence-electron chi connectivity index (χ0n) is 17.1. The van der Waals surface area contributed by atoms with E-state index in [9.17, 15) is 8.42 Å². The van der Waals surface area contributed by atoms with Gasteiger partial charge in [-0.1, -0.05) is 27.7 Å². The number of hydrogen-bond donors (Lipinski definition) is 2. The Labute approximate surface area is 167 Å². The van der Waals surface area contributed by atoms with Crippen LogP contribution in [0.2, 0.25) is 0 Å². The van der Waals surface area contributed by atoms with Gasteiger partial charge in [-0.2, -0.15) is 4.31 Å². The van der Waals surface area contributed by atoms with E-state index in [0.29, 0.717) is 31.1 Å². The largest absolute Gasteiger partial charge is 0.383 e. The van der Waals surface area contributed by atoms with E-state index < -0.39 is 10.0 Å². The first-order valence-electron chi connectivity index (χ1n) is 9.84. The van der Waals surface area contributed by atoms with Crippen LogP contribution in [0, 0.1) is 0 Å². The second-order valence-corrected chi connectivity index (χ2v) is 8.33. The predicted octanol–water partition coefficient (Wildman–Crippen LogP) is 2.55. The van der Waals surface area contributed by atoms with Gasteiger partial charge in [-0.25, -0.2) is 13.1 Å². The van der Waals surface area contributed by atoms with E-state index in [1.807, 2.05) is 19.9 Å². The lowest BCUT2D eigenvalue weighted by molar-refractivity contribution is 0.445. The molecule has 0 amide bonds. The van der Waals surface area contributed by atoms with Crippen molar-refractivity contribution in [2.24, 2.45) is 0 Å². The molecule has 0 bridgehead atoms. The predicted molar refractivity (Wildman–Crippen MR) is 111 cm³/mol. The van der Waals surface area contributed by atoms with Crippen molar-refractivity contribution >= 4 is 21.4 Å². The number of benzene rings is 1. The summed E-state index contributed by atoms with van der Waals surface area (Å²) in [4.78, 5) is 0.272. The average Bonchev–Trinajstić information content (AvgIpc) is 3.13. The number of nitrogens with one attached hydrogen (secondary N) is 2. The van der Waals surface area contributed by atoms with E-state index in [2.05, 4.69) is 40.0 Å². The fraction of sp³-hybridized carbons (Fsp3) is 0.611. The van der Waals surface area contributed by atoms with Gasteiger partial charge in [-0.15, -0.1) is 5.10 Å². The van der Waals surface area contributed by atoms with E-state index >= 15 is 0 Å². The SMILES string of the molecule is CCCNc1ccc(S(=O)(=O)N(CC)CC)cc1NCc1nnnn1CCC. The standard InChI is InChI=1S/C18H31N7O2S/c1-5-11-19-16-10-9-15(28(26,27)24(7-3)8-4)13-17(16)20-14-18-21-22-23-25(18)12-6-2/h9-10,13,19-20H,5-8,11-12,14H2,1-4H3. The van der Waals surface area contributed by atoms with E-state index in [0.717, 1.165) is 31.6 Å². The summed E-state index contributed by atoms with van der Waals surface area (Å²) in [5.74, 6) is 0.709. The lowest BCUT2D eigenvalue weighted by atomic mass is 10.2. The van der Waals surface area contributed by atoms with Gasteiger partial charge in [-0.3, -0.25) is 0 Å². The lowest BCUT2D eigenvalue weighted by Gasteiger charge is -2.20. The van der Waals surface area contributed by atoms with Gasteiger partial charge in [0.25, 0.3) is 0 Å². The van der Waals surface area contributed by atoms with Crippen LogP contribution < -0.4 is 10.6 Å². The molecule has 0 atom stereocenters. The first kappa shape index (κ1) is 22.1.